The number of hydrogen-bond donors (Lipinski definition) is 2. The van der Waals surface area contributed by atoms with Gasteiger partial charge in [0.1, 0.15) is 18.2 Å². The fraction of sp³-hybridized carbons (Fsp3) is 0.611. The third-order valence-electron chi connectivity index (χ3n) is 4.96. The van der Waals surface area contributed by atoms with Gasteiger partial charge in [0.25, 0.3) is 5.91 Å². The second-order valence-electron chi connectivity index (χ2n) is 7.24. The van der Waals surface area contributed by atoms with Crippen LogP contribution in [0.3, 0.4) is 0 Å². The first-order chi connectivity index (χ1) is 11.9. The normalized spacial score (nSPS) is 26.5. The van der Waals surface area contributed by atoms with Gasteiger partial charge in [-0.05, 0) is 43.0 Å². The van der Waals surface area contributed by atoms with Crippen LogP contribution in [0.4, 0.5) is 0 Å². The molecule has 2 heterocycles. The largest absolute Gasteiger partial charge is 0.367 e. The van der Waals surface area contributed by atoms with Gasteiger partial charge >= 0.3 is 0 Å². The zero-order valence-corrected chi connectivity index (χ0v) is 15.4. The summed E-state index contributed by atoms with van der Waals surface area (Å²) >= 11 is 1.43. The topological polar surface area (TPSA) is 84.5 Å². The van der Waals surface area contributed by atoms with E-state index in [4.69, 9.17) is 4.74 Å². The van der Waals surface area contributed by atoms with Gasteiger partial charge in [0.05, 0.1) is 11.7 Å². The molecule has 1 saturated heterocycles. The first-order valence-corrected chi connectivity index (χ1v) is 9.66. The molecule has 136 valence electrons. The van der Waals surface area contributed by atoms with Crippen LogP contribution in [0, 0.1) is 5.92 Å². The van der Waals surface area contributed by atoms with Crippen LogP contribution in [0.5, 0.6) is 0 Å². The van der Waals surface area contributed by atoms with Crippen LogP contribution in [-0.4, -0.2) is 41.9 Å². The van der Waals surface area contributed by atoms with E-state index >= 15 is 0 Å². The number of nitrogens with one attached hydrogen (secondary N) is 2. The summed E-state index contributed by atoms with van der Waals surface area (Å²) in [6, 6.07) is 1.06. The predicted molar refractivity (Wildman–Crippen MR) is 94.5 cm³/mol. The molecule has 6 nitrogen and oxygen atoms in total. The minimum Gasteiger partial charge on any atom is -0.367 e. The lowest BCUT2D eigenvalue weighted by atomic mass is 9.91. The number of amides is 2. The lowest BCUT2D eigenvalue weighted by Gasteiger charge is -2.30. The Morgan fingerprint density at radius 3 is 2.92 bits per heavy atom. The van der Waals surface area contributed by atoms with E-state index in [0.717, 1.165) is 12.8 Å². The second-order valence-corrected chi connectivity index (χ2v) is 8.02. The lowest BCUT2D eigenvalue weighted by molar-refractivity contribution is -0.131. The minimum atomic E-state index is -0.903. The summed E-state index contributed by atoms with van der Waals surface area (Å²) in [6.45, 7) is 4.05. The Hall–Kier alpha value is -1.73. The molecule has 1 aliphatic carbocycles. The number of thiophene rings is 1. The fourth-order valence-corrected chi connectivity index (χ4v) is 4.32. The Morgan fingerprint density at radius 2 is 2.24 bits per heavy atom. The molecule has 3 unspecified atom stereocenters. The molecule has 1 saturated carbocycles. The Labute approximate surface area is 151 Å². The molecule has 2 N–H and O–H groups in total. The molecule has 0 radical (unpaired) electrons. The number of Topliss-reactive ketones (excluding diaryl/α,β-unsaturated/α-hetero) is 1. The standard InChI is InChI=1S/C18H24N2O4S/c1-11(2)8-13(19-16(22)12-5-7-25-10-12)17(23)20-18-6-3-4-15(18)24-9-14(18)21/h5,7,10-11,13,15H,3-4,6,8-9H2,1-2H3,(H,19,22)(H,20,23). The highest BCUT2D eigenvalue weighted by molar-refractivity contribution is 7.08. The predicted octanol–water partition coefficient (Wildman–Crippen LogP) is 1.90. The molecule has 2 fully saturated rings. The first kappa shape index (κ1) is 18.1. The van der Waals surface area contributed by atoms with Gasteiger partial charge in [-0.2, -0.15) is 11.3 Å². The highest BCUT2D eigenvalue weighted by Crippen LogP contribution is 2.37. The Bertz CT molecular complexity index is 658. The van der Waals surface area contributed by atoms with Crippen molar-refractivity contribution in [3.63, 3.8) is 0 Å². The summed E-state index contributed by atoms with van der Waals surface area (Å²) < 4.78 is 5.54. The molecule has 0 aromatic carbocycles. The molecular weight excluding hydrogens is 340 g/mol. The molecular formula is C18H24N2O4S. The van der Waals surface area contributed by atoms with Gasteiger partial charge in [0, 0.05) is 5.38 Å². The summed E-state index contributed by atoms with van der Waals surface area (Å²) in [7, 11) is 0. The average molecular weight is 364 g/mol. The van der Waals surface area contributed by atoms with Gasteiger partial charge in [-0.3, -0.25) is 14.4 Å². The zero-order valence-electron chi connectivity index (χ0n) is 14.5. The molecule has 1 aromatic rings. The van der Waals surface area contributed by atoms with E-state index in [1.807, 2.05) is 19.2 Å². The van der Waals surface area contributed by atoms with Crippen molar-refractivity contribution in [3.8, 4) is 0 Å². The third kappa shape index (κ3) is 3.62. The highest BCUT2D eigenvalue weighted by Gasteiger charge is 2.55. The smallest absolute Gasteiger partial charge is 0.252 e. The number of ether oxygens (including phenoxy) is 1. The quantitative estimate of drug-likeness (QED) is 0.807. The second kappa shape index (κ2) is 7.25. The van der Waals surface area contributed by atoms with Crippen molar-refractivity contribution < 1.29 is 19.1 Å². The summed E-state index contributed by atoms with van der Waals surface area (Å²) in [5, 5.41) is 9.33. The summed E-state index contributed by atoms with van der Waals surface area (Å²) in [6.07, 6.45) is 2.51. The van der Waals surface area contributed by atoms with Crippen molar-refractivity contribution in [1.82, 2.24) is 10.6 Å². The maximum absolute atomic E-state index is 12.9. The molecule has 1 aliphatic heterocycles. The zero-order chi connectivity index (χ0) is 18.0. The van der Waals surface area contributed by atoms with Crippen LogP contribution in [-0.2, 0) is 14.3 Å². The van der Waals surface area contributed by atoms with E-state index in [1.54, 1.807) is 11.4 Å². The Kier molecular flexibility index (Phi) is 5.24. The number of rotatable bonds is 6. The minimum absolute atomic E-state index is 0.0566. The highest BCUT2D eigenvalue weighted by atomic mass is 32.1. The van der Waals surface area contributed by atoms with E-state index in [-0.39, 0.29) is 36.2 Å². The summed E-state index contributed by atoms with van der Waals surface area (Å²) in [5.74, 6) is -0.402. The molecule has 25 heavy (non-hydrogen) atoms. The first-order valence-electron chi connectivity index (χ1n) is 8.72. The molecule has 1 aromatic heterocycles. The number of carbonyl (C=O) groups is 3. The van der Waals surface area contributed by atoms with E-state index in [0.29, 0.717) is 18.4 Å². The number of fused-ring (bicyclic) bond motifs is 1. The average Bonchev–Trinajstić information content (AvgIpc) is 3.26. The van der Waals surface area contributed by atoms with Crippen molar-refractivity contribution in [3.05, 3.63) is 22.4 Å². The van der Waals surface area contributed by atoms with Crippen LogP contribution in [0.2, 0.25) is 0 Å². The number of hydrogen-bond acceptors (Lipinski definition) is 5. The molecule has 0 bridgehead atoms. The maximum atomic E-state index is 12.9. The lowest BCUT2D eigenvalue weighted by Crippen LogP contribution is -2.60. The van der Waals surface area contributed by atoms with Crippen LogP contribution in [0.25, 0.3) is 0 Å². The van der Waals surface area contributed by atoms with Crippen LogP contribution >= 0.6 is 11.3 Å². The van der Waals surface area contributed by atoms with Gasteiger partial charge in [-0.25, -0.2) is 0 Å². The van der Waals surface area contributed by atoms with Crippen molar-refractivity contribution in [2.24, 2.45) is 5.92 Å². The summed E-state index contributed by atoms with van der Waals surface area (Å²) in [4.78, 5) is 37.6. The Balaban J connectivity index is 1.73. The molecule has 0 spiro atoms. The molecule has 3 rings (SSSR count). The molecule has 3 atom stereocenters. The van der Waals surface area contributed by atoms with Gasteiger partial charge in [-0.1, -0.05) is 13.8 Å². The van der Waals surface area contributed by atoms with Gasteiger partial charge in [0.15, 0.2) is 5.78 Å². The van der Waals surface area contributed by atoms with Crippen LogP contribution in [0.1, 0.15) is 49.9 Å². The third-order valence-corrected chi connectivity index (χ3v) is 5.64. The van der Waals surface area contributed by atoms with Crippen LogP contribution < -0.4 is 10.6 Å². The molecule has 2 aliphatic rings. The monoisotopic (exact) mass is 364 g/mol. The van der Waals surface area contributed by atoms with Gasteiger partial charge in [0.2, 0.25) is 5.91 Å². The van der Waals surface area contributed by atoms with Crippen molar-refractivity contribution in [2.45, 2.75) is 57.2 Å². The van der Waals surface area contributed by atoms with Gasteiger partial charge < -0.3 is 15.4 Å². The molecule has 2 amide bonds. The SMILES string of the molecule is CC(C)CC(NC(=O)c1ccsc1)C(=O)NC12CCCC1OCC2=O. The van der Waals surface area contributed by atoms with Crippen LogP contribution in [0.15, 0.2) is 16.8 Å². The van der Waals surface area contributed by atoms with Crippen molar-refractivity contribution >= 4 is 28.9 Å². The Morgan fingerprint density at radius 1 is 1.44 bits per heavy atom. The van der Waals surface area contributed by atoms with Crippen molar-refractivity contribution in [1.29, 1.82) is 0 Å². The summed E-state index contributed by atoms with van der Waals surface area (Å²) in [5.41, 5.74) is -0.358. The van der Waals surface area contributed by atoms with E-state index in [1.165, 1.54) is 11.3 Å². The number of ketones is 1. The van der Waals surface area contributed by atoms with Crippen molar-refractivity contribution in [2.75, 3.05) is 6.61 Å². The maximum Gasteiger partial charge on any atom is 0.252 e. The van der Waals surface area contributed by atoms with Gasteiger partial charge in [-0.15, -0.1) is 0 Å². The fourth-order valence-electron chi connectivity index (χ4n) is 3.68. The molecule has 7 heteroatoms. The van der Waals surface area contributed by atoms with E-state index < -0.39 is 11.6 Å². The number of carbonyl (C=O) groups excluding carboxylic acids is 3. The van der Waals surface area contributed by atoms with E-state index in [9.17, 15) is 14.4 Å². The van der Waals surface area contributed by atoms with E-state index in [2.05, 4.69) is 10.6 Å².